The molecule has 0 spiro atoms. The molecule has 1 saturated carbocycles. The largest absolute Gasteiger partial charge is 0.354 e. The molecule has 1 aliphatic heterocycles. The van der Waals surface area contributed by atoms with Gasteiger partial charge in [0.25, 0.3) is 5.91 Å². The van der Waals surface area contributed by atoms with E-state index in [0.717, 1.165) is 44.9 Å². The van der Waals surface area contributed by atoms with Crippen LogP contribution < -0.4 is 5.32 Å². The van der Waals surface area contributed by atoms with E-state index in [1.54, 1.807) is 10.9 Å². The van der Waals surface area contributed by atoms with Gasteiger partial charge in [-0.2, -0.15) is 0 Å². The van der Waals surface area contributed by atoms with Gasteiger partial charge in [-0.15, -0.1) is 5.10 Å². The molecule has 1 saturated heterocycles. The van der Waals surface area contributed by atoms with Crippen molar-refractivity contribution in [3.63, 3.8) is 0 Å². The summed E-state index contributed by atoms with van der Waals surface area (Å²) in [5.74, 6) is 0.774. The van der Waals surface area contributed by atoms with Gasteiger partial charge in [-0.3, -0.25) is 9.59 Å². The minimum atomic E-state index is -0.0573. The summed E-state index contributed by atoms with van der Waals surface area (Å²) in [6.45, 7) is 4.41. The lowest BCUT2D eigenvalue weighted by Gasteiger charge is -2.20. The van der Waals surface area contributed by atoms with Crippen LogP contribution in [0.25, 0.3) is 0 Å². The Kier molecular flexibility index (Phi) is 7.82. The van der Waals surface area contributed by atoms with Crippen LogP contribution in [0.15, 0.2) is 6.20 Å². The lowest BCUT2D eigenvalue weighted by molar-refractivity contribution is -0.121. The van der Waals surface area contributed by atoms with E-state index in [1.165, 1.54) is 32.1 Å². The summed E-state index contributed by atoms with van der Waals surface area (Å²) in [6, 6.07) is 0. The van der Waals surface area contributed by atoms with Crippen LogP contribution in [0.5, 0.6) is 0 Å². The molecule has 0 aromatic carbocycles. The molecule has 2 heterocycles. The van der Waals surface area contributed by atoms with Gasteiger partial charge < -0.3 is 15.1 Å². The summed E-state index contributed by atoms with van der Waals surface area (Å²) >= 11 is 0. The second-order valence-electron chi connectivity index (χ2n) is 8.21. The van der Waals surface area contributed by atoms with E-state index in [-0.39, 0.29) is 11.8 Å². The Morgan fingerprint density at radius 2 is 1.93 bits per heavy atom. The molecule has 1 aliphatic carbocycles. The van der Waals surface area contributed by atoms with E-state index < -0.39 is 0 Å². The van der Waals surface area contributed by atoms with Gasteiger partial charge in [0.2, 0.25) is 5.91 Å². The fourth-order valence-electron chi connectivity index (χ4n) is 4.13. The molecule has 0 radical (unpaired) electrons. The van der Waals surface area contributed by atoms with E-state index in [2.05, 4.69) is 27.6 Å². The Morgan fingerprint density at radius 1 is 1.11 bits per heavy atom. The zero-order chi connectivity index (χ0) is 19.8. The molecule has 2 fully saturated rings. The van der Waals surface area contributed by atoms with Gasteiger partial charge in [-0.05, 0) is 32.4 Å². The number of nitrogens with zero attached hydrogens (tertiary/aromatic N) is 5. The van der Waals surface area contributed by atoms with Gasteiger partial charge in [-0.25, -0.2) is 4.68 Å². The van der Waals surface area contributed by atoms with Crippen LogP contribution >= 0.6 is 0 Å². The van der Waals surface area contributed by atoms with Crippen molar-refractivity contribution in [3.05, 3.63) is 11.9 Å². The van der Waals surface area contributed by atoms with Crippen LogP contribution in [-0.4, -0.2) is 76.4 Å². The van der Waals surface area contributed by atoms with Crippen molar-refractivity contribution in [2.75, 3.05) is 39.8 Å². The Balaban J connectivity index is 1.37. The van der Waals surface area contributed by atoms with E-state index in [9.17, 15) is 9.59 Å². The third kappa shape index (κ3) is 6.29. The molecular weight excluding hydrogens is 356 g/mol. The summed E-state index contributed by atoms with van der Waals surface area (Å²) in [5.41, 5.74) is 0.383. The maximum absolute atomic E-state index is 12.6. The maximum Gasteiger partial charge on any atom is 0.276 e. The first kappa shape index (κ1) is 20.8. The number of carbonyl (C=O) groups is 2. The highest BCUT2D eigenvalue weighted by Gasteiger charge is 2.21. The number of nitrogens with one attached hydrogen (secondary N) is 1. The highest BCUT2D eigenvalue weighted by Crippen LogP contribution is 2.27. The Bertz CT molecular complexity index is 640. The molecule has 0 bridgehead atoms. The second kappa shape index (κ2) is 10.5. The van der Waals surface area contributed by atoms with E-state index in [4.69, 9.17) is 0 Å². The summed E-state index contributed by atoms with van der Waals surface area (Å²) in [4.78, 5) is 28.7. The first-order chi connectivity index (χ1) is 13.6. The van der Waals surface area contributed by atoms with E-state index in [0.29, 0.717) is 25.2 Å². The molecule has 0 atom stereocenters. The summed E-state index contributed by atoms with van der Waals surface area (Å²) < 4.78 is 1.64. The topological polar surface area (TPSA) is 83.4 Å². The first-order valence-electron chi connectivity index (χ1n) is 10.8. The molecule has 8 nitrogen and oxygen atoms in total. The van der Waals surface area contributed by atoms with E-state index in [1.807, 2.05) is 4.90 Å². The standard InChI is InChI=1S/C20H34N6O2/c1-24-11-5-12-25(15-14-24)20(28)18-16-26(23-22-18)13-10-21-19(27)9-8-17-6-3-2-4-7-17/h16-17H,2-15H2,1H3,(H,21,27). The number of likely N-dealkylation sites (N-methyl/N-ethyl adjacent to an activating group) is 1. The number of aromatic nitrogens is 3. The highest BCUT2D eigenvalue weighted by atomic mass is 16.2. The zero-order valence-electron chi connectivity index (χ0n) is 17.1. The summed E-state index contributed by atoms with van der Waals surface area (Å²) in [7, 11) is 2.08. The van der Waals surface area contributed by atoms with Gasteiger partial charge >= 0.3 is 0 Å². The number of hydrogen-bond acceptors (Lipinski definition) is 5. The van der Waals surface area contributed by atoms with Crippen LogP contribution in [0.1, 0.15) is 61.9 Å². The Labute approximate surface area is 167 Å². The van der Waals surface area contributed by atoms with Crippen LogP contribution in [0.2, 0.25) is 0 Å². The maximum atomic E-state index is 12.6. The van der Waals surface area contributed by atoms with Gasteiger partial charge in [0.05, 0.1) is 12.7 Å². The fourth-order valence-corrected chi connectivity index (χ4v) is 4.13. The molecule has 156 valence electrons. The third-order valence-corrected chi connectivity index (χ3v) is 5.93. The predicted octanol–water partition coefficient (Wildman–Crippen LogP) is 1.53. The van der Waals surface area contributed by atoms with Crippen LogP contribution in [0.4, 0.5) is 0 Å². The molecule has 8 heteroatoms. The average molecular weight is 391 g/mol. The monoisotopic (exact) mass is 390 g/mol. The first-order valence-corrected chi connectivity index (χ1v) is 10.8. The fraction of sp³-hybridized carbons (Fsp3) is 0.800. The smallest absolute Gasteiger partial charge is 0.276 e. The van der Waals surface area contributed by atoms with Crippen molar-refractivity contribution in [1.82, 2.24) is 30.1 Å². The van der Waals surface area contributed by atoms with Crippen molar-refractivity contribution < 1.29 is 9.59 Å². The molecule has 1 N–H and O–H groups in total. The lowest BCUT2D eigenvalue weighted by atomic mass is 9.86. The molecule has 1 aromatic heterocycles. The molecule has 0 unspecified atom stereocenters. The Hall–Kier alpha value is -1.96. The van der Waals surface area contributed by atoms with Crippen molar-refractivity contribution >= 4 is 11.8 Å². The number of carbonyl (C=O) groups excluding carboxylic acids is 2. The quantitative estimate of drug-likeness (QED) is 0.763. The second-order valence-corrected chi connectivity index (χ2v) is 8.21. The lowest BCUT2D eigenvalue weighted by Crippen LogP contribution is -2.34. The molecule has 2 aliphatic rings. The minimum Gasteiger partial charge on any atom is -0.354 e. The number of amides is 2. The van der Waals surface area contributed by atoms with Gasteiger partial charge in [-0.1, -0.05) is 37.3 Å². The normalized spacial score (nSPS) is 19.4. The molecule has 2 amide bonds. The van der Waals surface area contributed by atoms with Crippen LogP contribution in [0, 0.1) is 5.92 Å². The summed E-state index contributed by atoms with van der Waals surface area (Å²) in [5, 5.41) is 11.0. The van der Waals surface area contributed by atoms with Crippen molar-refractivity contribution in [1.29, 1.82) is 0 Å². The van der Waals surface area contributed by atoms with Gasteiger partial charge in [0, 0.05) is 32.6 Å². The SMILES string of the molecule is CN1CCCN(C(=O)c2cn(CCNC(=O)CCC3CCCCC3)nn2)CC1. The predicted molar refractivity (Wildman–Crippen MR) is 107 cm³/mol. The molecule has 28 heavy (non-hydrogen) atoms. The van der Waals surface area contributed by atoms with Gasteiger partial charge in [0.1, 0.15) is 0 Å². The van der Waals surface area contributed by atoms with E-state index >= 15 is 0 Å². The highest BCUT2D eigenvalue weighted by molar-refractivity contribution is 5.91. The average Bonchev–Trinajstić information content (AvgIpc) is 3.07. The van der Waals surface area contributed by atoms with Crippen molar-refractivity contribution in [2.24, 2.45) is 5.92 Å². The molecular formula is C20H34N6O2. The van der Waals surface area contributed by atoms with Gasteiger partial charge in [0.15, 0.2) is 5.69 Å². The Morgan fingerprint density at radius 3 is 2.75 bits per heavy atom. The minimum absolute atomic E-state index is 0.0573. The van der Waals surface area contributed by atoms with Crippen molar-refractivity contribution in [2.45, 2.75) is 57.9 Å². The number of hydrogen-bond donors (Lipinski definition) is 1. The third-order valence-electron chi connectivity index (χ3n) is 5.93. The zero-order valence-corrected chi connectivity index (χ0v) is 17.1. The van der Waals surface area contributed by atoms with Crippen LogP contribution in [0.3, 0.4) is 0 Å². The summed E-state index contributed by atoms with van der Waals surface area (Å²) in [6.07, 6.45) is 10.8. The van der Waals surface area contributed by atoms with Crippen LogP contribution in [-0.2, 0) is 11.3 Å². The molecule has 1 aromatic rings. The molecule has 3 rings (SSSR count). The van der Waals surface area contributed by atoms with Crippen molar-refractivity contribution in [3.8, 4) is 0 Å². The number of rotatable bonds is 7.